The molecule has 0 aliphatic rings. The van der Waals surface area contributed by atoms with Crippen LogP contribution in [0.5, 0.6) is 0 Å². The van der Waals surface area contributed by atoms with Crippen LogP contribution in [0, 0.1) is 27.7 Å². The lowest BCUT2D eigenvalue weighted by Gasteiger charge is -2.13. The molecule has 20 heavy (non-hydrogen) atoms. The van der Waals surface area contributed by atoms with Gasteiger partial charge < -0.3 is 9.67 Å². The molecule has 106 valence electrons. The Labute approximate surface area is 119 Å². The van der Waals surface area contributed by atoms with Crippen molar-refractivity contribution in [3.63, 3.8) is 0 Å². The zero-order chi connectivity index (χ0) is 14.9. The molecule has 4 heteroatoms. The van der Waals surface area contributed by atoms with Gasteiger partial charge >= 0.3 is 5.97 Å². The molecular formula is C16H20N2O2. The monoisotopic (exact) mass is 272 g/mol. The fourth-order valence-corrected chi connectivity index (χ4v) is 2.60. The molecule has 0 spiro atoms. The van der Waals surface area contributed by atoms with E-state index < -0.39 is 5.97 Å². The lowest BCUT2D eigenvalue weighted by molar-refractivity contribution is -0.136. The molecule has 0 saturated carbocycles. The lowest BCUT2D eigenvalue weighted by atomic mass is 10.00. The van der Waals surface area contributed by atoms with E-state index in [9.17, 15) is 4.79 Å². The number of carbonyl (C=O) groups is 1. The highest BCUT2D eigenvalue weighted by Crippen LogP contribution is 2.18. The minimum atomic E-state index is -0.850. The highest BCUT2D eigenvalue weighted by atomic mass is 16.4. The SMILES string of the molecule is Cc1cc(C)c(Cn2cc(CC(=O)O)nc2C)c(C)c1. The second-order valence-electron chi connectivity index (χ2n) is 5.36. The summed E-state index contributed by atoms with van der Waals surface area (Å²) in [6.07, 6.45) is 1.81. The van der Waals surface area contributed by atoms with Crippen molar-refractivity contribution in [1.82, 2.24) is 9.55 Å². The summed E-state index contributed by atoms with van der Waals surface area (Å²) in [6.45, 7) is 8.96. The summed E-state index contributed by atoms with van der Waals surface area (Å²) in [7, 11) is 0. The maximum atomic E-state index is 10.7. The molecule has 0 aliphatic heterocycles. The molecule has 2 rings (SSSR count). The Morgan fingerprint density at radius 3 is 2.35 bits per heavy atom. The number of nitrogens with zero attached hydrogens (tertiary/aromatic N) is 2. The third-order valence-corrected chi connectivity index (χ3v) is 3.53. The molecule has 0 unspecified atom stereocenters. The van der Waals surface area contributed by atoms with Crippen molar-refractivity contribution in [1.29, 1.82) is 0 Å². The van der Waals surface area contributed by atoms with Gasteiger partial charge in [-0.15, -0.1) is 0 Å². The summed E-state index contributed by atoms with van der Waals surface area (Å²) in [5.74, 6) is -0.00188. The predicted molar refractivity (Wildman–Crippen MR) is 78.1 cm³/mol. The summed E-state index contributed by atoms with van der Waals surface area (Å²) in [4.78, 5) is 15.1. The van der Waals surface area contributed by atoms with E-state index in [1.807, 2.05) is 17.7 Å². The van der Waals surface area contributed by atoms with E-state index >= 15 is 0 Å². The van der Waals surface area contributed by atoms with Crippen molar-refractivity contribution in [3.05, 3.63) is 52.1 Å². The smallest absolute Gasteiger partial charge is 0.309 e. The quantitative estimate of drug-likeness (QED) is 0.931. The summed E-state index contributed by atoms with van der Waals surface area (Å²) < 4.78 is 2.02. The molecular weight excluding hydrogens is 252 g/mol. The third kappa shape index (κ3) is 3.07. The molecule has 0 bridgehead atoms. The van der Waals surface area contributed by atoms with Crippen LogP contribution in [0.2, 0.25) is 0 Å². The maximum absolute atomic E-state index is 10.7. The second-order valence-corrected chi connectivity index (χ2v) is 5.36. The molecule has 0 saturated heterocycles. The Morgan fingerprint density at radius 2 is 1.80 bits per heavy atom. The molecule has 1 aromatic carbocycles. The van der Waals surface area contributed by atoms with Crippen LogP contribution >= 0.6 is 0 Å². The first-order valence-corrected chi connectivity index (χ1v) is 6.68. The van der Waals surface area contributed by atoms with Gasteiger partial charge in [0, 0.05) is 12.7 Å². The van der Waals surface area contributed by atoms with Gasteiger partial charge in [-0.25, -0.2) is 4.98 Å². The van der Waals surface area contributed by atoms with Crippen LogP contribution in [-0.2, 0) is 17.8 Å². The van der Waals surface area contributed by atoms with Gasteiger partial charge in [-0.2, -0.15) is 0 Å². The Kier molecular flexibility index (Phi) is 3.93. The summed E-state index contributed by atoms with van der Waals surface area (Å²) >= 11 is 0. The van der Waals surface area contributed by atoms with Crippen molar-refractivity contribution in [3.8, 4) is 0 Å². The molecule has 0 radical (unpaired) electrons. The number of hydrogen-bond donors (Lipinski definition) is 1. The highest BCUT2D eigenvalue weighted by Gasteiger charge is 2.10. The van der Waals surface area contributed by atoms with Crippen LogP contribution in [-0.4, -0.2) is 20.6 Å². The van der Waals surface area contributed by atoms with E-state index in [1.54, 1.807) is 0 Å². The van der Waals surface area contributed by atoms with Crippen LogP contribution in [0.25, 0.3) is 0 Å². The molecule has 1 N–H and O–H groups in total. The van der Waals surface area contributed by atoms with Crippen LogP contribution in [0.3, 0.4) is 0 Å². The summed E-state index contributed by atoms with van der Waals surface area (Å²) in [6, 6.07) is 4.35. The molecule has 2 aromatic rings. The van der Waals surface area contributed by atoms with Gasteiger partial charge in [0.1, 0.15) is 5.82 Å². The zero-order valence-corrected chi connectivity index (χ0v) is 12.4. The number of imidazole rings is 1. The topological polar surface area (TPSA) is 55.1 Å². The minimum absolute atomic E-state index is 0.0281. The average Bonchev–Trinajstić information content (AvgIpc) is 2.63. The fourth-order valence-electron chi connectivity index (χ4n) is 2.60. The first kappa shape index (κ1) is 14.3. The first-order valence-electron chi connectivity index (χ1n) is 6.68. The maximum Gasteiger partial charge on any atom is 0.309 e. The molecule has 0 fully saturated rings. The Morgan fingerprint density at radius 1 is 1.20 bits per heavy atom. The number of aliphatic carboxylic acids is 1. The van der Waals surface area contributed by atoms with Gasteiger partial charge in [-0.05, 0) is 44.4 Å². The van der Waals surface area contributed by atoms with Gasteiger partial charge in [0.15, 0.2) is 0 Å². The minimum Gasteiger partial charge on any atom is -0.481 e. The van der Waals surface area contributed by atoms with Crippen molar-refractivity contribution >= 4 is 5.97 Å². The first-order chi connectivity index (χ1) is 9.36. The van der Waals surface area contributed by atoms with Gasteiger partial charge in [-0.1, -0.05) is 17.7 Å². The van der Waals surface area contributed by atoms with Crippen molar-refractivity contribution in [2.75, 3.05) is 0 Å². The van der Waals surface area contributed by atoms with E-state index in [0.717, 1.165) is 12.4 Å². The van der Waals surface area contributed by atoms with Crippen LogP contribution in [0.15, 0.2) is 18.3 Å². The Balaban J connectivity index is 2.31. The second kappa shape index (κ2) is 5.49. The van der Waals surface area contributed by atoms with E-state index in [4.69, 9.17) is 5.11 Å². The van der Waals surface area contributed by atoms with E-state index in [-0.39, 0.29) is 6.42 Å². The summed E-state index contributed by atoms with van der Waals surface area (Å²) in [5.41, 5.74) is 5.67. The van der Waals surface area contributed by atoms with Gasteiger partial charge in [-0.3, -0.25) is 4.79 Å². The Hall–Kier alpha value is -2.10. The van der Waals surface area contributed by atoms with E-state index in [2.05, 4.69) is 37.9 Å². The standard InChI is InChI=1S/C16H20N2O2/c1-10-5-11(2)15(12(3)6-10)9-18-8-14(7-16(19)20)17-13(18)4/h5-6,8H,7,9H2,1-4H3,(H,19,20). The fraction of sp³-hybridized carbons (Fsp3) is 0.375. The Bertz CT molecular complexity index is 633. The molecule has 0 aliphatic carbocycles. The van der Waals surface area contributed by atoms with Crippen molar-refractivity contribution in [2.45, 2.75) is 40.7 Å². The molecule has 1 heterocycles. The molecule has 1 aromatic heterocycles. The van der Waals surface area contributed by atoms with Crippen LogP contribution in [0.4, 0.5) is 0 Å². The van der Waals surface area contributed by atoms with Crippen LogP contribution in [0.1, 0.15) is 33.8 Å². The molecule has 0 atom stereocenters. The number of carboxylic acids is 1. The summed E-state index contributed by atoms with van der Waals surface area (Å²) in [5, 5.41) is 8.83. The number of hydrogen-bond acceptors (Lipinski definition) is 2. The molecule has 0 amide bonds. The average molecular weight is 272 g/mol. The van der Waals surface area contributed by atoms with E-state index in [1.165, 1.54) is 22.3 Å². The zero-order valence-electron chi connectivity index (χ0n) is 12.4. The highest BCUT2D eigenvalue weighted by molar-refractivity contribution is 5.69. The van der Waals surface area contributed by atoms with Crippen molar-refractivity contribution in [2.24, 2.45) is 0 Å². The number of aromatic nitrogens is 2. The van der Waals surface area contributed by atoms with Gasteiger partial charge in [0.05, 0.1) is 12.1 Å². The largest absolute Gasteiger partial charge is 0.481 e. The third-order valence-electron chi connectivity index (χ3n) is 3.53. The number of benzene rings is 1. The molecule has 4 nitrogen and oxygen atoms in total. The number of rotatable bonds is 4. The normalized spacial score (nSPS) is 10.8. The van der Waals surface area contributed by atoms with Gasteiger partial charge in [0.2, 0.25) is 0 Å². The van der Waals surface area contributed by atoms with Crippen molar-refractivity contribution < 1.29 is 9.90 Å². The lowest BCUT2D eigenvalue weighted by Crippen LogP contribution is -2.05. The number of aryl methyl sites for hydroxylation is 4. The van der Waals surface area contributed by atoms with E-state index in [0.29, 0.717) is 5.69 Å². The number of carboxylic acid groups (broad SMARTS) is 1. The van der Waals surface area contributed by atoms with Crippen LogP contribution < -0.4 is 0 Å². The van der Waals surface area contributed by atoms with Gasteiger partial charge in [0.25, 0.3) is 0 Å². The predicted octanol–water partition coefficient (Wildman–Crippen LogP) is 2.79.